The predicted octanol–water partition coefficient (Wildman–Crippen LogP) is 13.3. The fraction of sp³-hybridized carbons (Fsp3) is 0.0192. The molecule has 2 aliphatic rings. The smallest absolute Gasteiger partial charge is 0.165 e. The summed E-state index contributed by atoms with van der Waals surface area (Å²) in [5.74, 6) is 0.0294. The minimum absolute atomic E-state index is 0.125. The third-order valence-electron chi connectivity index (χ3n) is 10.7. The molecule has 0 fully saturated rings. The lowest BCUT2D eigenvalue weighted by Crippen LogP contribution is -2.25. The zero-order valence-corrected chi connectivity index (χ0v) is 29.8. The van der Waals surface area contributed by atoms with Crippen LogP contribution in [0.25, 0.3) is 87.7 Å². The zero-order valence-electron chi connectivity index (χ0n) is 44.0. The van der Waals surface area contributed by atoms with E-state index in [9.17, 15) is 12.3 Å². The maximum atomic E-state index is 9.87. The third kappa shape index (κ3) is 4.30. The minimum atomic E-state index is -2.52. The van der Waals surface area contributed by atoms with Gasteiger partial charge in [-0.05, 0) is 67.8 Å². The van der Waals surface area contributed by atoms with E-state index < -0.39 is 107 Å². The molecule has 0 aliphatic heterocycles. The van der Waals surface area contributed by atoms with Crippen molar-refractivity contribution >= 4 is 31.5 Å². The van der Waals surface area contributed by atoms with Crippen LogP contribution in [0, 0.1) is 0 Å². The lowest BCUT2D eigenvalue weighted by molar-refractivity contribution is 0.794. The summed E-state index contributed by atoms with van der Waals surface area (Å²) >= 11 is 1.52. The van der Waals surface area contributed by atoms with Crippen LogP contribution in [0.2, 0.25) is 0 Å². The molecule has 1 spiro atoms. The Bertz CT molecular complexity index is 4010. The Hall–Kier alpha value is -7.01. The molecule has 0 atom stereocenters. The Morgan fingerprint density at radius 3 is 1.66 bits per heavy atom. The molecule has 56 heavy (non-hydrogen) atoms. The minimum Gasteiger partial charge on any atom is -0.208 e. The predicted molar refractivity (Wildman–Crippen MR) is 231 cm³/mol. The van der Waals surface area contributed by atoms with Crippen LogP contribution in [-0.4, -0.2) is 15.0 Å². The van der Waals surface area contributed by atoms with Gasteiger partial charge in [-0.25, -0.2) is 15.0 Å². The molecule has 0 unspecified atom stereocenters. The van der Waals surface area contributed by atoms with Crippen LogP contribution in [0.1, 0.15) is 42.8 Å². The van der Waals surface area contributed by atoms with E-state index in [2.05, 4.69) is 0 Å². The second-order valence-corrected chi connectivity index (χ2v) is 14.6. The molecule has 12 rings (SSSR count). The standard InChI is InChI=1S/C52H31N3S/c1-2-16-32(17-3-1)33-18-4-5-22-38(33)49-53-50(55-51(54-49)41-26-14-24-37-36-21-9-13-31-46(36)56-48(37)41)40-25-15-30-45-47(40)39-23-8-12-29-44(39)52(45)42-27-10-6-19-34(42)35-20-7-11-28-43(35)52/h1-31H/i6D,7D,8D,10D,11D,12D,15D,19D,20D,23D,25D,27D,28D,29D,30D. The Balaban J connectivity index is 1.30. The summed E-state index contributed by atoms with van der Waals surface area (Å²) < 4.78 is 142. The molecule has 3 nitrogen and oxygen atoms in total. The van der Waals surface area contributed by atoms with Crippen molar-refractivity contribution in [2.75, 3.05) is 0 Å². The highest BCUT2D eigenvalue weighted by Gasteiger charge is 2.52. The number of nitrogens with zero attached hydrogens (tertiary/aromatic N) is 3. The van der Waals surface area contributed by atoms with E-state index in [1.54, 1.807) is 0 Å². The quantitative estimate of drug-likeness (QED) is 0.180. The molecule has 0 saturated carbocycles. The Morgan fingerprint density at radius 2 is 0.911 bits per heavy atom. The summed E-state index contributed by atoms with van der Waals surface area (Å²) in [4.78, 5) is 15.3. The molecular formula is C52H31N3S. The average molecular weight is 745 g/mol. The number of hydrogen-bond donors (Lipinski definition) is 0. The summed E-state index contributed by atoms with van der Waals surface area (Å²) in [5.41, 5.74) is -2.89. The summed E-state index contributed by atoms with van der Waals surface area (Å²) in [6.07, 6.45) is 0. The molecule has 2 aromatic heterocycles. The van der Waals surface area contributed by atoms with E-state index in [4.69, 9.17) is 23.2 Å². The van der Waals surface area contributed by atoms with Gasteiger partial charge in [0.2, 0.25) is 0 Å². The molecule has 10 aromatic rings. The molecule has 0 N–H and O–H groups in total. The highest BCUT2D eigenvalue weighted by Crippen LogP contribution is 2.63. The van der Waals surface area contributed by atoms with Crippen LogP contribution in [0.5, 0.6) is 0 Å². The van der Waals surface area contributed by atoms with Crippen molar-refractivity contribution < 1.29 is 20.6 Å². The molecular weight excluding hydrogens is 699 g/mol. The van der Waals surface area contributed by atoms with E-state index in [1.807, 2.05) is 97.1 Å². The molecule has 2 heterocycles. The molecule has 2 aliphatic carbocycles. The summed E-state index contributed by atoms with van der Waals surface area (Å²) in [5, 5.41) is 1.92. The SMILES string of the molecule is [2H]c1c([2H])c([2H])c2c(c1[2H])-c1c([2H])c([2H])c([2H])c([2H])c1C21c2c([2H])c([2H])c([2H])c([2H])c2-c2c(-c3nc(-c4ccccc4-c4ccccc4)nc(-c4cccc5c4sc4ccccc45)n3)c([2H])c([2H])c([2H])c21. The Kier molecular flexibility index (Phi) is 4.30. The van der Waals surface area contributed by atoms with Crippen molar-refractivity contribution in [2.45, 2.75) is 5.41 Å². The van der Waals surface area contributed by atoms with Gasteiger partial charge in [0.1, 0.15) is 0 Å². The maximum Gasteiger partial charge on any atom is 0.165 e. The van der Waals surface area contributed by atoms with Crippen LogP contribution < -0.4 is 0 Å². The van der Waals surface area contributed by atoms with Crippen LogP contribution in [0.3, 0.4) is 0 Å². The number of fused-ring (bicyclic) bond motifs is 13. The lowest BCUT2D eigenvalue weighted by Gasteiger charge is -2.30. The fourth-order valence-corrected chi connectivity index (χ4v) is 9.61. The van der Waals surface area contributed by atoms with Gasteiger partial charge >= 0.3 is 0 Å². The van der Waals surface area contributed by atoms with Crippen molar-refractivity contribution in [3.63, 3.8) is 0 Å². The van der Waals surface area contributed by atoms with Crippen LogP contribution in [0.4, 0.5) is 0 Å². The first-order valence-electron chi connectivity index (χ1n) is 25.3. The second kappa shape index (κ2) is 12.0. The number of benzene rings is 8. The van der Waals surface area contributed by atoms with E-state index in [0.717, 1.165) is 31.3 Å². The highest BCUT2D eigenvalue weighted by atomic mass is 32.1. The average Bonchev–Trinajstić information content (AvgIpc) is 4.03. The maximum absolute atomic E-state index is 9.87. The van der Waals surface area contributed by atoms with Gasteiger partial charge < -0.3 is 0 Å². The topological polar surface area (TPSA) is 38.7 Å². The second-order valence-electron chi connectivity index (χ2n) is 13.5. The van der Waals surface area contributed by atoms with Gasteiger partial charge in [0.05, 0.1) is 26.0 Å². The number of aromatic nitrogens is 3. The van der Waals surface area contributed by atoms with Gasteiger partial charge in [-0.2, -0.15) is 0 Å². The van der Waals surface area contributed by atoms with Crippen molar-refractivity contribution in [3.05, 3.63) is 210 Å². The summed E-state index contributed by atoms with van der Waals surface area (Å²) in [7, 11) is 0. The van der Waals surface area contributed by atoms with Gasteiger partial charge in [-0.1, -0.05) is 176 Å². The third-order valence-corrected chi connectivity index (χ3v) is 11.9. The van der Waals surface area contributed by atoms with Gasteiger partial charge in [-0.15, -0.1) is 11.3 Å². The molecule has 4 heteroatoms. The van der Waals surface area contributed by atoms with E-state index in [1.165, 1.54) is 11.3 Å². The van der Waals surface area contributed by atoms with Gasteiger partial charge in [-0.3, -0.25) is 0 Å². The monoisotopic (exact) mass is 744 g/mol. The normalized spacial score (nSPS) is 16.9. The zero-order chi connectivity index (χ0) is 49.8. The van der Waals surface area contributed by atoms with E-state index in [-0.39, 0.29) is 56.4 Å². The van der Waals surface area contributed by atoms with Gasteiger partial charge in [0.15, 0.2) is 17.5 Å². The number of rotatable bonds is 4. The van der Waals surface area contributed by atoms with Crippen LogP contribution in [-0.2, 0) is 5.41 Å². The fourth-order valence-electron chi connectivity index (χ4n) is 8.40. The molecule has 0 saturated heterocycles. The first kappa shape index (κ1) is 20.1. The first-order chi connectivity index (χ1) is 34.0. The first-order valence-corrected chi connectivity index (χ1v) is 18.6. The van der Waals surface area contributed by atoms with Crippen LogP contribution >= 0.6 is 11.3 Å². The molecule has 8 aromatic carbocycles. The lowest BCUT2D eigenvalue weighted by atomic mass is 9.70. The van der Waals surface area contributed by atoms with E-state index in [0.29, 0.717) is 11.1 Å². The van der Waals surface area contributed by atoms with Crippen molar-refractivity contribution in [2.24, 2.45) is 0 Å². The largest absolute Gasteiger partial charge is 0.208 e. The van der Waals surface area contributed by atoms with Gasteiger partial charge in [0.25, 0.3) is 0 Å². The highest BCUT2D eigenvalue weighted by molar-refractivity contribution is 7.26. The number of thiophene rings is 1. The van der Waals surface area contributed by atoms with E-state index >= 15 is 0 Å². The van der Waals surface area contributed by atoms with Gasteiger partial charge in [0, 0.05) is 36.9 Å². The Labute approximate surface area is 349 Å². The van der Waals surface area contributed by atoms with Crippen LogP contribution in [0.15, 0.2) is 188 Å². The van der Waals surface area contributed by atoms with Crippen molar-refractivity contribution in [1.82, 2.24) is 15.0 Å². The molecule has 0 radical (unpaired) electrons. The summed E-state index contributed by atoms with van der Waals surface area (Å²) in [6.45, 7) is 0. The van der Waals surface area contributed by atoms with Crippen molar-refractivity contribution in [3.8, 4) is 67.5 Å². The molecule has 260 valence electrons. The summed E-state index contributed by atoms with van der Waals surface area (Å²) in [6, 6.07) is 19.7. The van der Waals surface area contributed by atoms with Crippen molar-refractivity contribution in [1.29, 1.82) is 0 Å². The number of hydrogen-bond acceptors (Lipinski definition) is 4. The molecule has 0 amide bonds. The molecule has 0 bridgehead atoms. The Morgan fingerprint density at radius 1 is 0.393 bits per heavy atom.